The average molecular weight is 375 g/mol. The highest BCUT2D eigenvalue weighted by Gasteiger charge is 2.10. The zero-order valence-corrected chi connectivity index (χ0v) is 14.7. The molecule has 25 heavy (non-hydrogen) atoms. The lowest BCUT2D eigenvalue weighted by molar-refractivity contribution is -0.384. The van der Waals surface area contributed by atoms with Crippen molar-refractivity contribution in [1.29, 1.82) is 0 Å². The summed E-state index contributed by atoms with van der Waals surface area (Å²) < 4.78 is 6.10. The number of hydrogen-bond acceptors (Lipinski definition) is 7. The van der Waals surface area contributed by atoms with Crippen molar-refractivity contribution < 1.29 is 14.5 Å². The van der Waals surface area contributed by atoms with E-state index >= 15 is 0 Å². The first-order valence-corrected chi connectivity index (χ1v) is 8.97. The predicted octanol–water partition coefficient (Wildman–Crippen LogP) is 3.94. The van der Waals surface area contributed by atoms with Gasteiger partial charge in [0.1, 0.15) is 5.75 Å². The molecule has 0 unspecified atom stereocenters. The number of nitro groups is 1. The van der Waals surface area contributed by atoms with E-state index < -0.39 is 4.92 Å². The summed E-state index contributed by atoms with van der Waals surface area (Å²) >= 11 is 2.68. The normalized spacial score (nSPS) is 10.6. The molecule has 1 amide bonds. The van der Waals surface area contributed by atoms with Crippen LogP contribution in [0, 0.1) is 10.1 Å². The number of amides is 1. The number of non-ortho nitro benzene ring substituents is 1. The number of thioether (sulfide) groups is 1. The summed E-state index contributed by atoms with van der Waals surface area (Å²) in [5.74, 6) is 0.744. The van der Waals surface area contributed by atoms with E-state index in [2.05, 4.69) is 10.3 Å². The summed E-state index contributed by atoms with van der Waals surface area (Å²) in [4.78, 5) is 27.4. The molecule has 0 aliphatic rings. The molecule has 128 valence electrons. The Morgan fingerprint density at radius 2 is 2.08 bits per heavy atom. The standard InChI is InChI=1S/C16H13N3O4S2/c1-23-11-4-7-13-14(8-11)25-16(17-13)18-15(20)9-24-12-5-2-10(3-6-12)19(21)22/h2-8H,9H2,1H3,(H,17,18,20). The molecular formula is C16H13N3O4S2. The molecule has 0 aliphatic heterocycles. The number of nitrogens with one attached hydrogen (secondary N) is 1. The number of nitro benzene ring substituents is 1. The molecule has 3 rings (SSSR count). The van der Waals surface area contributed by atoms with Crippen LogP contribution in [0.15, 0.2) is 47.4 Å². The van der Waals surface area contributed by atoms with Gasteiger partial charge in [-0.05, 0) is 30.3 Å². The fraction of sp³-hybridized carbons (Fsp3) is 0.125. The number of ether oxygens (including phenoxy) is 1. The molecule has 0 fully saturated rings. The highest BCUT2D eigenvalue weighted by molar-refractivity contribution is 8.00. The maximum absolute atomic E-state index is 12.1. The fourth-order valence-electron chi connectivity index (χ4n) is 2.05. The summed E-state index contributed by atoms with van der Waals surface area (Å²) in [6.45, 7) is 0. The first-order chi connectivity index (χ1) is 12.0. The van der Waals surface area contributed by atoms with Crippen LogP contribution in [0.1, 0.15) is 0 Å². The fourth-order valence-corrected chi connectivity index (χ4v) is 3.66. The van der Waals surface area contributed by atoms with Crippen LogP contribution in [-0.4, -0.2) is 28.7 Å². The number of rotatable bonds is 6. The van der Waals surface area contributed by atoms with E-state index in [9.17, 15) is 14.9 Å². The summed E-state index contributed by atoms with van der Waals surface area (Å²) in [6.07, 6.45) is 0. The third-order valence-corrected chi connectivity index (χ3v) is 5.21. The molecule has 1 N–H and O–H groups in total. The van der Waals surface area contributed by atoms with Gasteiger partial charge in [0.2, 0.25) is 5.91 Å². The molecule has 0 saturated heterocycles. The number of fused-ring (bicyclic) bond motifs is 1. The van der Waals surface area contributed by atoms with Crippen molar-refractivity contribution in [1.82, 2.24) is 4.98 Å². The SMILES string of the molecule is COc1ccc2nc(NC(=O)CSc3ccc([N+](=O)[O-])cc3)sc2c1. The van der Waals surface area contributed by atoms with Crippen LogP contribution in [0.2, 0.25) is 0 Å². The summed E-state index contributed by atoms with van der Waals surface area (Å²) in [6, 6.07) is 11.6. The van der Waals surface area contributed by atoms with E-state index in [1.807, 2.05) is 18.2 Å². The van der Waals surface area contributed by atoms with Gasteiger partial charge in [-0.1, -0.05) is 11.3 Å². The predicted molar refractivity (Wildman–Crippen MR) is 98.6 cm³/mol. The Labute approximate surface area is 151 Å². The lowest BCUT2D eigenvalue weighted by atomic mass is 10.3. The largest absolute Gasteiger partial charge is 0.497 e. The topological polar surface area (TPSA) is 94.4 Å². The van der Waals surface area contributed by atoms with Crippen molar-refractivity contribution in [3.63, 3.8) is 0 Å². The minimum absolute atomic E-state index is 0.0266. The zero-order chi connectivity index (χ0) is 17.8. The molecule has 3 aromatic rings. The van der Waals surface area contributed by atoms with Crippen molar-refractivity contribution in [3.05, 3.63) is 52.6 Å². The van der Waals surface area contributed by atoms with Gasteiger partial charge >= 0.3 is 0 Å². The van der Waals surface area contributed by atoms with Gasteiger partial charge in [-0.25, -0.2) is 4.98 Å². The van der Waals surface area contributed by atoms with Gasteiger partial charge in [-0.2, -0.15) is 0 Å². The molecule has 1 aromatic heterocycles. The van der Waals surface area contributed by atoms with E-state index in [1.165, 1.54) is 35.2 Å². The molecule has 7 nitrogen and oxygen atoms in total. The molecule has 0 atom stereocenters. The van der Waals surface area contributed by atoms with Crippen molar-refractivity contribution in [2.24, 2.45) is 0 Å². The van der Waals surface area contributed by atoms with Gasteiger partial charge < -0.3 is 10.1 Å². The van der Waals surface area contributed by atoms with Crippen LogP contribution in [0.4, 0.5) is 10.8 Å². The molecule has 0 aliphatic carbocycles. The van der Waals surface area contributed by atoms with Gasteiger partial charge in [0.15, 0.2) is 5.13 Å². The number of carbonyl (C=O) groups is 1. The molecule has 0 bridgehead atoms. The van der Waals surface area contributed by atoms with Gasteiger partial charge in [0, 0.05) is 17.0 Å². The molecule has 9 heteroatoms. The van der Waals surface area contributed by atoms with E-state index in [0.29, 0.717) is 5.13 Å². The van der Waals surface area contributed by atoms with E-state index in [-0.39, 0.29) is 17.3 Å². The number of benzene rings is 2. The third kappa shape index (κ3) is 4.25. The highest BCUT2D eigenvalue weighted by Crippen LogP contribution is 2.29. The zero-order valence-electron chi connectivity index (χ0n) is 13.1. The molecule has 2 aromatic carbocycles. The smallest absolute Gasteiger partial charge is 0.269 e. The Kier molecular flexibility index (Phi) is 5.15. The first kappa shape index (κ1) is 17.2. The quantitative estimate of drug-likeness (QED) is 0.398. The summed E-state index contributed by atoms with van der Waals surface area (Å²) in [7, 11) is 1.60. The minimum Gasteiger partial charge on any atom is -0.497 e. The van der Waals surface area contributed by atoms with Crippen molar-refractivity contribution >= 4 is 50.0 Å². The second-order valence-corrected chi connectivity index (χ2v) is 7.02. The van der Waals surface area contributed by atoms with Gasteiger partial charge in [0.25, 0.3) is 5.69 Å². The van der Waals surface area contributed by atoms with Crippen LogP contribution in [-0.2, 0) is 4.79 Å². The monoisotopic (exact) mass is 375 g/mol. The van der Waals surface area contributed by atoms with Crippen LogP contribution in [0.25, 0.3) is 10.2 Å². The van der Waals surface area contributed by atoms with Crippen LogP contribution >= 0.6 is 23.1 Å². The Balaban J connectivity index is 1.59. The lowest BCUT2D eigenvalue weighted by Gasteiger charge is -2.02. The highest BCUT2D eigenvalue weighted by atomic mass is 32.2. The molecule has 0 spiro atoms. The van der Waals surface area contributed by atoms with Crippen molar-refractivity contribution in [3.8, 4) is 5.75 Å². The van der Waals surface area contributed by atoms with Crippen molar-refractivity contribution in [2.75, 3.05) is 18.2 Å². The molecular weight excluding hydrogens is 362 g/mol. The number of carbonyl (C=O) groups excluding carboxylic acids is 1. The Morgan fingerprint density at radius 3 is 2.76 bits per heavy atom. The number of methoxy groups -OCH3 is 1. The molecule has 0 saturated carbocycles. The Hall–Kier alpha value is -2.65. The third-order valence-electron chi connectivity index (χ3n) is 3.26. The number of nitrogens with zero attached hydrogens (tertiary/aromatic N) is 2. The Morgan fingerprint density at radius 1 is 1.32 bits per heavy atom. The summed E-state index contributed by atoms with van der Waals surface area (Å²) in [5, 5.41) is 13.9. The lowest BCUT2D eigenvalue weighted by Crippen LogP contribution is -2.13. The maximum atomic E-state index is 12.1. The molecule has 0 radical (unpaired) electrons. The van der Waals surface area contributed by atoms with E-state index in [4.69, 9.17) is 4.74 Å². The average Bonchev–Trinajstić information content (AvgIpc) is 3.01. The van der Waals surface area contributed by atoms with Crippen LogP contribution in [0.5, 0.6) is 5.75 Å². The molecule has 1 heterocycles. The summed E-state index contributed by atoms with van der Waals surface area (Å²) in [5.41, 5.74) is 0.822. The number of aromatic nitrogens is 1. The maximum Gasteiger partial charge on any atom is 0.269 e. The van der Waals surface area contributed by atoms with Gasteiger partial charge in [-0.15, -0.1) is 11.8 Å². The van der Waals surface area contributed by atoms with Crippen LogP contribution < -0.4 is 10.1 Å². The van der Waals surface area contributed by atoms with Crippen molar-refractivity contribution in [2.45, 2.75) is 4.90 Å². The van der Waals surface area contributed by atoms with Crippen LogP contribution in [0.3, 0.4) is 0 Å². The second-order valence-electron chi connectivity index (χ2n) is 4.94. The Bertz CT molecular complexity index is 925. The number of anilines is 1. The second kappa shape index (κ2) is 7.49. The van der Waals surface area contributed by atoms with Gasteiger partial charge in [-0.3, -0.25) is 14.9 Å². The van der Waals surface area contributed by atoms with E-state index in [1.54, 1.807) is 19.2 Å². The number of hydrogen-bond donors (Lipinski definition) is 1. The number of thiazole rings is 1. The van der Waals surface area contributed by atoms with E-state index in [0.717, 1.165) is 20.9 Å². The van der Waals surface area contributed by atoms with Gasteiger partial charge in [0.05, 0.1) is 28.0 Å². The first-order valence-electron chi connectivity index (χ1n) is 7.17. The minimum atomic E-state index is -0.455.